The first kappa shape index (κ1) is 5.39. The van der Waals surface area contributed by atoms with Crippen molar-refractivity contribution >= 4 is 0 Å². The van der Waals surface area contributed by atoms with Gasteiger partial charge in [-0.25, -0.2) is 0 Å². The SMILES string of the molecule is FC(F)=C1C2CCCC12. The molecule has 2 rings (SSSR count). The molecule has 2 aliphatic rings. The first-order valence-corrected chi connectivity index (χ1v) is 3.36. The lowest BCUT2D eigenvalue weighted by Crippen LogP contribution is -1.72. The monoisotopic (exact) mass is 130 g/mol. The molecule has 0 N–H and O–H groups in total. The highest BCUT2D eigenvalue weighted by Gasteiger charge is 2.50. The minimum absolute atomic E-state index is 0.301. The lowest BCUT2D eigenvalue weighted by atomic mass is 10.2. The highest BCUT2D eigenvalue weighted by molar-refractivity contribution is 5.32. The molecule has 2 heteroatoms. The van der Waals surface area contributed by atoms with Crippen LogP contribution in [0.1, 0.15) is 19.3 Å². The molecule has 0 bridgehead atoms. The molecule has 2 aliphatic carbocycles. The second-order valence-electron chi connectivity index (χ2n) is 2.86. The van der Waals surface area contributed by atoms with E-state index in [2.05, 4.69) is 0 Å². The van der Waals surface area contributed by atoms with Gasteiger partial charge in [0, 0.05) is 5.57 Å². The zero-order chi connectivity index (χ0) is 6.43. The fourth-order valence-electron chi connectivity index (χ4n) is 1.93. The van der Waals surface area contributed by atoms with E-state index in [-0.39, 0.29) is 0 Å². The molecule has 0 aromatic rings. The van der Waals surface area contributed by atoms with Crippen molar-refractivity contribution in [3.63, 3.8) is 0 Å². The third kappa shape index (κ3) is 0.620. The van der Waals surface area contributed by atoms with Crippen molar-refractivity contribution in [3.05, 3.63) is 11.7 Å². The first-order chi connectivity index (χ1) is 4.30. The summed E-state index contributed by atoms with van der Waals surface area (Å²) in [5, 5.41) is 0. The molecular weight excluding hydrogens is 122 g/mol. The normalized spacial score (nSPS) is 38.7. The zero-order valence-corrected chi connectivity index (χ0v) is 5.03. The first-order valence-electron chi connectivity index (χ1n) is 3.36. The fourth-order valence-corrected chi connectivity index (χ4v) is 1.93. The molecule has 0 spiro atoms. The van der Waals surface area contributed by atoms with Crippen LogP contribution in [0.3, 0.4) is 0 Å². The van der Waals surface area contributed by atoms with E-state index in [0.29, 0.717) is 17.4 Å². The Morgan fingerprint density at radius 2 is 1.78 bits per heavy atom. The van der Waals surface area contributed by atoms with Crippen LogP contribution in [0.5, 0.6) is 0 Å². The molecule has 0 aromatic carbocycles. The van der Waals surface area contributed by atoms with Crippen LogP contribution in [0.25, 0.3) is 0 Å². The molecular formula is C7H8F2. The highest BCUT2D eigenvalue weighted by atomic mass is 19.3. The number of allylic oxidation sites excluding steroid dienone is 1. The zero-order valence-electron chi connectivity index (χ0n) is 5.03. The third-order valence-electron chi connectivity index (χ3n) is 2.42. The van der Waals surface area contributed by atoms with Crippen LogP contribution < -0.4 is 0 Å². The molecule has 0 saturated heterocycles. The van der Waals surface area contributed by atoms with Crippen molar-refractivity contribution in [2.45, 2.75) is 19.3 Å². The van der Waals surface area contributed by atoms with E-state index in [9.17, 15) is 8.78 Å². The van der Waals surface area contributed by atoms with Gasteiger partial charge in [-0.1, -0.05) is 6.42 Å². The summed E-state index contributed by atoms with van der Waals surface area (Å²) in [5.41, 5.74) is 0.473. The Morgan fingerprint density at radius 3 is 2.11 bits per heavy atom. The van der Waals surface area contributed by atoms with E-state index in [0.717, 1.165) is 19.3 Å². The molecule has 0 radical (unpaired) electrons. The molecule has 9 heavy (non-hydrogen) atoms. The quantitative estimate of drug-likeness (QED) is 0.472. The summed E-state index contributed by atoms with van der Waals surface area (Å²) in [6.07, 6.45) is 1.78. The number of rotatable bonds is 0. The summed E-state index contributed by atoms with van der Waals surface area (Å²) in [6, 6.07) is 0. The lowest BCUT2D eigenvalue weighted by Gasteiger charge is -1.87. The van der Waals surface area contributed by atoms with Gasteiger partial charge in [0.25, 0.3) is 6.08 Å². The Morgan fingerprint density at radius 1 is 1.22 bits per heavy atom. The Bertz CT molecular complexity index is 156. The maximum absolute atomic E-state index is 11.8. The summed E-state index contributed by atoms with van der Waals surface area (Å²) in [7, 11) is 0. The van der Waals surface area contributed by atoms with Gasteiger partial charge in [0.1, 0.15) is 0 Å². The Balaban J connectivity index is 2.18. The van der Waals surface area contributed by atoms with Gasteiger partial charge in [0.2, 0.25) is 0 Å². The Labute approximate surface area is 52.6 Å². The molecule has 2 unspecified atom stereocenters. The van der Waals surface area contributed by atoms with E-state index in [1.807, 2.05) is 0 Å². The Hall–Kier alpha value is -0.400. The van der Waals surface area contributed by atoms with Crippen LogP contribution >= 0.6 is 0 Å². The second-order valence-corrected chi connectivity index (χ2v) is 2.86. The maximum Gasteiger partial charge on any atom is 0.270 e. The van der Waals surface area contributed by atoms with E-state index < -0.39 is 6.08 Å². The molecule has 2 saturated carbocycles. The summed E-state index contributed by atoms with van der Waals surface area (Å²) >= 11 is 0. The van der Waals surface area contributed by atoms with Crippen LogP contribution in [0.4, 0.5) is 8.78 Å². The number of halogens is 2. The van der Waals surface area contributed by atoms with Gasteiger partial charge in [-0.2, -0.15) is 8.78 Å². The molecule has 2 fully saturated rings. The highest BCUT2D eigenvalue weighted by Crippen LogP contribution is 2.58. The van der Waals surface area contributed by atoms with Crippen LogP contribution in [-0.4, -0.2) is 0 Å². The van der Waals surface area contributed by atoms with Gasteiger partial charge < -0.3 is 0 Å². The van der Waals surface area contributed by atoms with Gasteiger partial charge >= 0.3 is 0 Å². The largest absolute Gasteiger partial charge is 0.270 e. The van der Waals surface area contributed by atoms with E-state index >= 15 is 0 Å². The maximum atomic E-state index is 11.8. The van der Waals surface area contributed by atoms with Gasteiger partial charge in [0.05, 0.1) is 0 Å². The van der Waals surface area contributed by atoms with Crippen LogP contribution in [-0.2, 0) is 0 Å². The van der Waals surface area contributed by atoms with Crippen molar-refractivity contribution in [2.75, 3.05) is 0 Å². The minimum Gasteiger partial charge on any atom is -0.173 e. The van der Waals surface area contributed by atoms with Crippen molar-refractivity contribution in [2.24, 2.45) is 11.8 Å². The molecule has 0 aliphatic heterocycles. The minimum atomic E-state index is -1.40. The predicted molar refractivity (Wildman–Crippen MR) is 30.1 cm³/mol. The van der Waals surface area contributed by atoms with E-state index in [1.54, 1.807) is 0 Å². The lowest BCUT2D eigenvalue weighted by molar-refractivity contribution is 0.412. The smallest absolute Gasteiger partial charge is 0.173 e. The second kappa shape index (κ2) is 1.55. The standard InChI is InChI=1S/C7H8F2/c8-7(9)6-4-2-1-3-5(4)6/h4-5H,1-3H2. The van der Waals surface area contributed by atoms with Gasteiger partial charge in [-0.15, -0.1) is 0 Å². The topological polar surface area (TPSA) is 0 Å². The molecule has 0 nitrogen and oxygen atoms in total. The summed E-state index contributed by atoms with van der Waals surface area (Å²) < 4.78 is 23.6. The number of hydrogen-bond donors (Lipinski definition) is 0. The molecule has 50 valence electrons. The van der Waals surface area contributed by atoms with Crippen LogP contribution in [0.2, 0.25) is 0 Å². The summed E-state index contributed by atoms with van der Waals surface area (Å²) in [4.78, 5) is 0. The summed E-state index contributed by atoms with van der Waals surface area (Å²) in [5.74, 6) is 0.602. The third-order valence-corrected chi connectivity index (χ3v) is 2.42. The van der Waals surface area contributed by atoms with Crippen LogP contribution in [0, 0.1) is 11.8 Å². The van der Waals surface area contributed by atoms with Crippen molar-refractivity contribution in [3.8, 4) is 0 Å². The van der Waals surface area contributed by atoms with E-state index in [1.165, 1.54) is 0 Å². The van der Waals surface area contributed by atoms with Crippen LogP contribution in [0.15, 0.2) is 11.7 Å². The molecule has 0 amide bonds. The van der Waals surface area contributed by atoms with Gasteiger partial charge in [-0.3, -0.25) is 0 Å². The van der Waals surface area contributed by atoms with Crippen molar-refractivity contribution in [1.82, 2.24) is 0 Å². The summed E-state index contributed by atoms with van der Waals surface area (Å²) in [6.45, 7) is 0. The average molecular weight is 130 g/mol. The molecule has 2 atom stereocenters. The van der Waals surface area contributed by atoms with Gasteiger partial charge in [0.15, 0.2) is 0 Å². The Kier molecular flexibility index (Phi) is 0.930. The van der Waals surface area contributed by atoms with Gasteiger partial charge in [-0.05, 0) is 24.7 Å². The van der Waals surface area contributed by atoms with E-state index in [4.69, 9.17) is 0 Å². The number of hydrogen-bond acceptors (Lipinski definition) is 0. The fraction of sp³-hybridized carbons (Fsp3) is 0.714. The van der Waals surface area contributed by atoms with Crippen molar-refractivity contribution < 1.29 is 8.78 Å². The molecule has 0 heterocycles. The average Bonchev–Trinajstić information content (AvgIpc) is 2.30. The number of fused-ring (bicyclic) bond motifs is 1. The predicted octanol–water partition coefficient (Wildman–Crippen LogP) is 2.57. The molecule has 0 aromatic heterocycles. The van der Waals surface area contributed by atoms with Crippen molar-refractivity contribution in [1.29, 1.82) is 0 Å².